The number of fused-ring (bicyclic) bond motifs is 1. The second kappa shape index (κ2) is 6.02. The highest BCUT2D eigenvalue weighted by atomic mass is 16.2. The third-order valence-corrected chi connectivity index (χ3v) is 4.22. The third-order valence-electron chi connectivity index (χ3n) is 4.22. The summed E-state index contributed by atoms with van der Waals surface area (Å²) in [6, 6.07) is 2.07. The van der Waals surface area contributed by atoms with Gasteiger partial charge in [0, 0.05) is 24.3 Å². The van der Waals surface area contributed by atoms with Gasteiger partial charge in [-0.05, 0) is 27.2 Å². The summed E-state index contributed by atoms with van der Waals surface area (Å²) in [5.41, 5.74) is 1.05. The van der Waals surface area contributed by atoms with E-state index < -0.39 is 0 Å². The van der Waals surface area contributed by atoms with Gasteiger partial charge in [0.1, 0.15) is 11.6 Å². The van der Waals surface area contributed by atoms with Crippen LogP contribution < -0.4 is 5.32 Å². The minimum absolute atomic E-state index is 0.147. The Kier molecular flexibility index (Phi) is 4.06. The lowest BCUT2D eigenvalue weighted by atomic mass is 10.2. The van der Waals surface area contributed by atoms with Crippen LogP contribution >= 0.6 is 0 Å². The molecule has 1 N–H and O–H groups in total. The Hall–Kier alpha value is -2.38. The number of amides is 2. The second-order valence-corrected chi connectivity index (χ2v) is 6.02. The molecule has 0 saturated heterocycles. The van der Waals surface area contributed by atoms with Crippen molar-refractivity contribution in [2.45, 2.75) is 53.2 Å². The normalized spacial score (nSPS) is 15.4. The number of urea groups is 1. The van der Waals surface area contributed by atoms with Crippen molar-refractivity contribution in [2.24, 2.45) is 0 Å². The highest BCUT2D eigenvalue weighted by molar-refractivity contribution is 5.88. The number of hydrogen-bond acceptors (Lipinski definition) is 4. The van der Waals surface area contributed by atoms with Crippen LogP contribution in [-0.4, -0.2) is 42.0 Å². The highest BCUT2D eigenvalue weighted by Crippen LogP contribution is 2.18. The van der Waals surface area contributed by atoms with Gasteiger partial charge in [-0.1, -0.05) is 6.92 Å². The van der Waals surface area contributed by atoms with Crippen LogP contribution in [-0.2, 0) is 13.1 Å². The molecule has 1 aliphatic rings. The van der Waals surface area contributed by atoms with E-state index in [1.807, 2.05) is 29.3 Å². The maximum Gasteiger partial charge on any atom is 0.323 e. The summed E-state index contributed by atoms with van der Waals surface area (Å²) in [6.45, 7) is 9.86. The van der Waals surface area contributed by atoms with E-state index in [0.717, 1.165) is 23.8 Å². The van der Waals surface area contributed by atoms with E-state index in [-0.39, 0.29) is 6.03 Å². The first-order valence-electron chi connectivity index (χ1n) is 8.00. The van der Waals surface area contributed by atoms with Crippen LogP contribution in [0.15, 0.2) is 6.07 Å². The molecular formula is C15H23N7O. The molecule has 2 aromatic heterocycles. The maximum absolute atomic E-state index is 12.5. The Morgan fingerprint density at radius 2 is 2.13 bits per heavy atom. The zero-order valence-corrected chi connectivity index (χ0v) is 14.1. The fourth-order valence-corrected chi connectivity index (χ4v) is 2.79. The van der Waals surface area contributed by atoms with Crippen LogP contribution in [0, 0.1) is 13.8 Å². The molecule has 1 unspecified atom stereocenters. The van der Waals surface area contributed by atoms with Crippen LogP contribution in [0.4, 0.5) is 10.6 Å². The monoisotopic (exact) mass is 317 g/mol. The van der Waals surface area contributed by atoms with Gasteiger partial charge in [0.15, 0.2) is 5.82 Å². The van der Waals surface area contributed by atoms with Gasteiger partial charge in [-0.2, -0.15) is 10.2 Å². The summed E-state index contributed by atoms with van der Waals surface area (Å²) in [5.74, 6) is 2.16. The SMILES string of the molecule is CCC(C)n1nc(NC(=O)N2CCn3nc(C)nc3C2)cc1C. The summed E-state index contributed by atoms with van der Waals surface area (Å²) in [7, 11) is 0. The standard InChI is InChI=1S/C15H23N7O/c1-5-10(2)22-11(3)8-13(19-22)17-15(23)20-6-7-21-14(9-20)16-12(4)18-21/h8,10H,5-7,9H2,1-4H3,(H,17,19,23). The Balaban J connectivity index is 1.68. The van der Waals surface area contributed by atoms with Crippen molar-refractivity contribution in [3.05, 3.63) is 23.4 Å². The molecule has 1 atom stereocenters. The minimum Gasteiger partial charge on any atom is -0.315 e. The molecule has 0 aliphatic carbocycles. The summed E-state index contributed by atoms with van der Waals surface area (Å²) in [6.07, 6.45) is 0.997. The van der Waals surface area contributed by atoms with E-state index in [4.69, 9.17) is 0 Å². The zero-order valence-electron chi connectivity index (χ0n) is 14.1. The van der Waals surface area contributed by atoms with E-state index in [2.05, 4.69) is 34.3 Å². The van der Waals surface area contributed by atoms with Gasteiger partial charge in [-0.3, -0.25) is 10.00 Å². The molecule has 8 heteroatoms. The van der Waals surface area contributed by atoms with Crippen molar-refractivity contribution in [3.63, 3.8) is 0 Å². The molecule has 2 amide bonds. The lowest BCUT2D eigenvalue weighted by molar-refractivity contribution is 0.193. The first kappa shape index (κ1) is 15.5. The molecular weight excluding hydrogens is 294 g/mol. The molecule has 3 rings (SSSR count). The average molecular weight is 317 g/mol. The molecule has 0 aromatic carbocycles. The molecule has 23 heavy (non-hydrogen) atoms. The van der Waals surface area contributed by atoms with Crippen molar-refractivity contribution < 1.29 is 4.79 Å². The Morgan fingerprint density at radius 3 is 2.87 bits per heavy atom. The largest absolute Gasteiger partial charge is 0.323 e. The molecule has 124 valence electrons. The summed E-state index contributed by atoms with van der Waals surface area (Å²) in [4.78, 5) is 18.5. The number of rotatable bonds is 3. The van der Waals surface area contributed by atoms with Gasteiger partial charge in [-0.15, -0.1) is 0 Å². The van der Waals surface area contributed by atoms with Crippen LogP contribution in [0.2, 0.25) is 0 Å². The number of carbonyl (C=O) groups is 1. The van der Waals surface area contributed by atoms with Crippen molar-refractivity contribution >= 4 is 11.8 Å². The fourth-order valence-electron chi connectivity index (χ4n) is 2.79. The van der Waals surface area contributed by atoms with E-state index >= 15 is 0 Å². The molecule has 0 bridgehead atoms. The van der Waals surface area contributed by atoms with Crippen LogP contribution in [0.25, 0.3) is 0 Å². The quantitative estimate of drug-likeness (QED) is 0.940. The zero-order chi connectivity index (χ0) is 16.6. The summed E-state index contributed by atoms with van der Waals surface area (Å²) < 4.78 is 3.81. The van der Waals surface area contributed by atoms with Gasteiger partial charge in [-0.25, -0.2) is 14.5 Å². The number of anilines is 1. The van der Waals surface area contributed by atoms with E-state index in [0.29, 0.717) is 31.5 Å². The molecule has 0 spiro atoms. The Bertz CT molecular complexity index is 717. The first-order chi connectivity index (χ1) is 11.0. The number of nitrogens with one attached hydrogen (secondary N) is 1. The van der Waals surface area contributed by atoms with Gasteiger partial charge < -0.3 is 4.90 Å². The Labute approximate surface area is 135 Å². The van der Waals surface area contributed by atoms with Crippen molar-refractivity contribution in [3.8, 4) is 0 Å². The fraction of sp³-hybridized carbons (Fsp3) is 0.600. The van der Waals surface area contributed by atoms with E-state index in [1.54, 1.807) is 4.90 Å². The molecule has 0 saturated carbocycles. The molecule has 0 radical (unpaired) electrons. The number of hydrogen-bond donors (Lipinski definition) is 1. The van der Waals surface area contributed by atoms with Crippen LogP contribution in [0.5, 0.6) is 0 Å². The minimum atomic E-state index is -0.147. The molecule has 2 aromatic rings. The van der Waals surface area contributed by atoms with Gasteiger partial charge in [0.05, 0.1) is 13.1 Å². The average Bonchev–Trinajstić information content (AvgIpc) is 3.07. The summed E-state index contributed by atoms with van der Waals surface area (Å²) >= 11 is 0. The second-order valence-electron chi connectivity index (χ2n) is 6.02. The van der Waals surface area contributed by atoms with Crippen molar-refractivity contribution in [1.82, 2.24) is 29.4 Å². The van der Waals surface area contributed by atoms with Gasteiger partial charge >= 0.3 is 6.03 Å². The third kappa shape index (κ3) is 3.06. The number of aromatic nitrogens is 5. The summed E-state index contributed by atoms with van der Waals surface area (Å²) in [5, 5.41) is 11.7. The van der Waals surface area contributed by atoms with Gasteiger partial charge in [0.2, 0.25) is 0 Å². The van der Waals surface area contributed by atoms with Gasteiger partial charge in [0.25, 0.3) is 0 Å². The maximum atomic E-state index is 12.5. The predicted octanol–water partition coefficient (Wildman–Crippen LogP) is 2.11. The number of carbonyl (C=O) groups excluding carboxylic acids is 1. The van der Waals surface area contributed by atoms with Crippen LogP contribution in [0.3, 0.4) is 0 Å². The van der Waals surface area contributed by atoms with E-state index in [1.165, 1.54) is 0 Å². The molecule has 1 aliphatic heterocycles. The predicted molar refractivity (Wildman–Crippen MR) is 86.2 cm³/mol. The smallest absolute Gasteiger partial charge is 0.315 e. The lowest BCUT2D eigenvalue weighted by Gasteiger charge is -2.26. The first-order valence-corrected chi connectivity index (χ1v) is 8.00. The highest BCUT2D eigenvalue weighted by Gasteiger charge is 2.23. The molecule has 8 nitrogen and oxygen atoms in total. The lowest BCUT2D eigenvalue weighted by Crippen LogP contribution is -2.41. The molecule has 0 fully saturated rings. The number of nitrogens with zero attached hydrogens (tertiary/aromatic N) is 6. The van der Waals surface area contributed by atoms with Crippen molar-refractivity contribution in [2.75, 3.05) is 11.9 Å². The van der Waals surface area contributed by atoms with Crippen molar-refractivity contribution in [1.29, 1.82) is 0 Å². The number of aryl methyl sites for hydroxylation is 2. The topological polar surface area (TPSA) is 80.9 Å². The van der Waals surface area contributed by atoms with E-state index in [9.17, 15) is 4.79 Å². The van der Waals surface area contributed by atoms with Crippen LogP contribution in [0.1, 0.15) is 43.7 Å². The molecule has 3 heterocycles. The Morgan fingerprint density at radius 1 is 1.35 bits per heavy atom.